The second-order valence-electron chi connectivity index (χ2n) is 5.77. The zero-order valence-electron chi connectivity index (χ0n) is 13.1. The molecule has 1 atom stereocenters. The van der Waals surface area contributed by atoms with Gasteiger partial charge in [0, 0.05) is 12.3 Å². The summed E-state index contributed by atoms with van der Waals surface area (Å²) in [5.74, 6) is 0.249. The summed E-state index contributed by atoms with van der Waals surface area (Å²) in [5.41, 5.74) is 3.80. The number of aryl methyl sites for hydroxylation is 2. The Morgan fingerprint density at radius 2 is 1.75 bits per heavy atom. The minimum Gasteiger partial charge on any atom is -0.314 e. The smallest absolute Gasteiger partial charge is 0.147 e. The normalized spacial score (nSPS) is 13.4. The van der Waals surface area contributed by atoms with Gasteiger partial charge in [0.2, 0.25) is 0 Å². The van der Waals surface area contributed by atoms with Gasteiger partial charge in [0.25, 0.3) is 0 Å². The van der Waals surface area contributed by atoms with Gasteiger partial charge < -0.3 is 5.32 Å². The molecular formula is C16H27NO2S. The van der Waals surface area contributed by atoms with Gasteiger partial charge in [-0.2, -0.15) is 0 Å². The van der Waals surface area contributed by atoms with Crippen LogP contribution in [0.1, 0.15) is 36.5 Å². The maximum Gasteiger partial charge on any atom is 0.147 e. The molecule has 20 heavy (non-hydrogen) atoms. The van der Waals surface area contributed by atoms with E-state index >= 15 is 0 Å². The highest BCUT2D eigenvalue weighted by Gasteiger charge is 2.13. The van der Waals surface area contributed by atoms with Crippen LogP contribution in [0.2, 0.25) is 0 Å². The van der Waals surface area contributed by atoms with Crippen molar-refractivity contribution in [2.75, 3.05) is 18.6 Å². The largest absolute Gasteiger partial charge is 0.314 e. The maximum atomic E-state index is 11.3. The summed E-state index contributed by atoms with van der Waals surface area (Å²) in [6, 6.07) is 6.77. The Hall–Kier alpha value is -0.870. The molecule has 0 aliphatic carbocycles. The number of benzene rings is 1. The maximum absolute atomic E-state index is 11.3. The summed E-state index contributed by atoms with van der Waals surface area (Å²) in [5, 5.41) is 3.46. The molecule has 4 heteroatoms. The Balaban J connectivity index is 2.72. The summed E-state index contributed by atoms with van der Waals surface area (Å²) in [7, 11) is -2.89. The van der Waals surface area contributed by atoms with Crippen LogP contribution in [0.15, 0.2) is 18.2 Å². The highest BCUT2D eigenvalue weighted by molar-refractivity contribution is 7.90. The number of rotatable bonds is 8. The summed E-state index contributed by atoms with van der Waals surface area (Å²) < 4.78 is 22.7. The van der Waals surface area contributed by atoms with Gasteiger partial charge in [-0.05, 0) is 45.2 Å². The highest BCUT2D eigenvalue weighted by Crippen LogP contribution is 2.12. The van der Waals surface area contributed by atoms with Crippen LogP contribution in [0, 0.1) is 13.8 Å². The van der Waals surface area contributed by atoms with E-state index in [1.54, 1.807) is 0 Å². The van der Waals surface area contributed by atoms with Gasteiger partial charge in [-0.25, -0.2) is 8.42 Å². The Kier molecular flexibility index (Phi) is 6.69. The van der Waals surface area contributed by atoms with Crippen molar-refractivity contribution in [3.8, 4) is 0 Å². The van der Waals surface area contributed by atoms with Crippen LogP contribution >= 0.6 is 0 Å². The van der Waals surface area contributed by atoms with Crippen LogP contribution in [-0.2, 0) is 16.3 Å². The molecule has 1 aromatic rings. The quantitative estimate of drug-likeness (QED) is 0.802. The van der Waals surface area contributed by atoms with E-state index in [1.807, 2.05) is 0 Å². The predicted octanol–water partition coefficient (Wildman–Crippen LogP) is 2.65. The predicted molar refractivity (Wildman–Crippen MR) is 86.0 cm³/mol. The minimum atomic E-state index is -2.89. The van der Waals surface area contributed by atoms with E-state index in [9.17, 15) is 8.42 Å². The van der Waals surface area contributed by atoms with E-state index in [1.165, 1.54) is 22.9 Å². The lowest BCUT2D eigenvalue weighted by molar-refractivity contribution is 0.491. The van der Waals surface area contributed by atoms with Gasteiger partial charge >= 0.3 is 0 Å². The third kappa shape index (κ3) is 7.06. The third-order valence-electron chi connectivity index (χ3n) is 3.28. The van der Waals surface area contributed by atoms with Crippen molar-refractivity contribution in [3.63, 3.8) is 0 Å². The molecule has 1 N–H and O–H groups in total. The fourth-order valence-corrected chi connectivity index (χ4v) is 3.17. The molecule has 0 heterocycles. The van der Waals surface area contributed by atoms with Crippen molar-refractivity contribution in [1.82, 2.24) is 5.32 Å². The van der Waals surface area contributed by atoms with Gasteiger partial charge in [-0.15, -0.1) is 0 Å². The van der Waals surface area contributed by atoms with Crippen molar-refractivity contribution in [2.45, 2.75) is 46.1 Å². The molecule has 1 rings (SSSR count). The van der Waals surface area contributed by atoms with Crippen molar-refractivity contribution in [3.05, 3.63) is 34.9 Å². The van der Waals surface area contributed by atoms with Gasteiger partial charge in [0.05, 0.1) is 5.75 Å². The van der Waals surface area contributed by atoms with Gasteiger partial charge in [0.1, 0.15) is 9.84 Å². The van der Waals surface area contributed by atoms with Crippen molar-refractivity contribution in [2.24, 2.45) is 0 Å². The van der Waals surface area contributed by atoms with Crippen molar-refractivity contribution in [1.29, 1.82) is 0 Å². The molecule has 0 spiro atoms. The van der Waals surface area contributed by atoms with Gasteiger partial charge in [0.15, 0.2) is 0 Å². The first-order valence-electron chi connectivity index (χ1n) is 7.28. The lowest BCUT2D eigenvalue weighted by Crippen LogP contribution is -2.33. The first-order valence-corrected chi connectivity index (χ1v) is 9.34. The van der Waals surface area contributed by atoms with E-state index in [0.29, 0.717) is 6.42 Å². The fraction of sp³-hybridized carbons (Fsp3) is 0.625. The molecule has 114 valence electrons. The summed E-state index contributed by atoms with van der Waals surface area (Å²) in [6.45, 7) is 7.25. The molecule has 0 aromatic heterocycles. The van der Waals surface area contributed by atoms with Crippen molar-refractivity contribution < 1.29 is 8.42 Å². The van der Waals surface area contributed by atoms with E-state index in [2.05, 4.69) is 44.3 Å². The van der Waals surface area contributed by atoms with E-state index in [-0.39, 0.29) is 11.8 Å². The third-order valence-corrected chi connectivity index (χ3v) is 4.26. The first-order chi connectivity index (χ1) is 9.30. The molecule has 0 amide bonds. The second kappa shape index (κ2) is 7.79. The molecule has 0 aliphatic heterocycles. The summed E-state index contributed by atoms with van der Waals surface area (Å²) in [6.07, 6.45) is 3.92. The lowest BCUT2D eigenvalue weighted by atomic mass is 10.00. The number of nitrogens with one attached hydrogen (secondary N) is 1. The molecule has 0 fully saturated rings. The molecule has 1 aromatic carbocycles. The Morgan fingerprint density at radius 1 is 1.15 bits per heavy atom. The Morgan fingerprint density at radius 3 is 2.25 bits per heavy atom. The molecular weight excluding hydrogens is 270 g/mol. The molecule has 1 unspecified atom stereocenters. The lowest BCUT2D eigenvalue weighted by Gasteiger charge is -2.19. The molecule has 0 aliphatic rings. The standard InChI is InChI=1S/C16H27NO2S/c1-5-7-17-16(6-8-20(4,18)19)12-15-10-13(2)9-14(3)11-15/h9-11,16-17H,5-8,12H2,1-4H3. The molecule has 3 nitrogen and oxygen atoms in total. The fourth-order valence-electron chi connectivity index (χ4n) is 2.45. The van der Waals surface area contributed by atoms with Crippen LogP contribution in [0.25, 0.3) is 0 Å². The summed E-state index contributed by atoms with van der Waals surface area (Å²) in [4.78, 5) is 0. The van der Waals surface area contributed by atoms with Crippen LogP contribution < -0.4 is 5.32 Å². The summed E-state index contributed by atoms with van der Waals surface area (Å²) >= 11 is 0. The van der Waals surface area contributed by atoms with Crippen LogP contribution in [0.3, 0.4) is 0 Å². The number of sulfone groups is 1. The number of hydrogen-bond donors (Lipinski definition) is 1. The molecule has 0 radical (unpaired) electrons. The average molecular weight is 297 g/mol. The van der Waals surface area contributed by atoms with Crippen molar-refractivity contribution >= 4 is 9.84 Å². The van der Waals surface area contributed by atoms with E-state index in [4.69, 9.17) is 0 Å². The van der Waals surface area contributed by atoms with E-state index in [0.717, 1.165) is 19.4 Å². The monoisotopic (exact) mass is 297 g/mol. The zero-order chi connectivity index (χ0) is 15.2. The van der Waals surface area contributed by atoms with Crippen LogP contribution in [0.4, 0.5) is 0 Å². The average Bonchev–Trinajstić information content (AvgIpc) is 2.30. The molecule has 0 bridgehead atoms. The van der Waals surface area contributed by atoms with E-state index < -0.39 is 9.84 Å². The SMILES string of the molecule is CCCNC(CCS(C)(=O)=O)Cc1cc(C)cc(C)c1. The zero-order valence-corrected chi connectivity index (χ0v) is 13.9. The van der Waals surface area contributed by atoms with Crippen LogP contribution in [0.5, 0.6) is 0 Å². The van der Waals surface area contributed by atoms with Crippen LogP contribution in [-0.4, -0.2) is 33.0 Å². The molecule has 0 saturated carbocycles. The van der Waals surface area contributed by atoms with Gasteiger partial charge in [-0.1, -0.05) is 36.2 Å². The topological polar surface area (TPSA) is 46.2 Å². The minimum absolute atomic E-state index is 0.228. The molecule has 0 saturated heterocycles. The highest BCUT2D eigenvalue weighted by atomic mass is 32.2. The second-order valence-corrected chi connectivity index (χ2v) is 8.03. The Bertz CT molecular complexity index is 503. The first kappa shape index (κ1) is 17.2. The van der Waals surface area contributed by atoms with Gasteiger partial charge in [-0.3, -0.25) is 0 Å². The number of hydrogen-bond acceptors (Lipinski definition) is 3. The Labute approximate surface area is 123 Å².